The molecule has 3 rings (SSSR count). The van der Waals surface area contributed by atoms with Crippen LogP contribution in [0, 0.1) is 6.92 Å². The first kappa shape index (κ1) is 17.5. The van der Waals surface area contributed by atoms with Crippen molar-refractivity contribution in [3.63, 3.8) is 0 Å². The molecule has 128 valence electrons. The number of hydrogen-bond donors (Lipinski definition) is 0. The van der Waals surface area contributed by atoms with Crippen LogP contribution in [0.25, 0.3) is 11.1 Å². The summed E-state index contributed by atoms with van der Waals surface area (Å²) in [6, 6.07) is 14.7. The van der Waals surface area contributed by atoms with Gasteiger partial charge in [-0.3, -0.25) is 0 Å². The second-order valence-electron chi connectivity index (χ2n) is 6.24. The Kier molecular flexibility index (Phi) is 5.19. The second kappa shape index (κ2) is 7.71. The molecular formula is C25H23N. The lowest BCUT2D eigenvalue weighted by molar-refractivity contribution is 1.25. The summed E-state index contributed by atoms with van der Waals surface area (Å²) in [5.74, 6) is 0. The van der Waals surface area contributed by atoms with Gasteiger partial charge in [-0.25, -0.2) is 0 Å². The molecule has 2 aromatic carbocycles. The van der Waals surface area contributed by atoms with E-state index in [1.165, 1.54) is 5.56 Å². The molecule has 26 heavy (non-hydrogen) atoms. The van der Waals surface area contributed by atoms with Gasteiger partial charge in [-0.1, -0.05) is 68.3 Å². The van der Waals surface area contributed by atoms with Crippen LogP contribution >= 0.6 is 0 Å². The zero-order chi connectivity index (χ0) is 18.5. The van der Waals surface area contributed by atoms with Crippen LogP contribution < -0.4 is 4.90 Å². The minimum atomic E-state index is 0.963. The first-order valence-electron chi connectivity index (χ1n) is 8.63. The number of nitrogens with zero attached hydrogens (tertiary/aromatic N) is 1. The van der Waals surface area contributed by atoms with Gasteiger partial charge in [0.25, 0.3) is 0 Å². The van der Waals surface area contributed by atoms with Crippen molar-refractivity contribution < 1.29 is 0 Å². The fourth-order valence-corrected chi connectivity index (χ4v) is 3.06. The van der Waals surface area contributed by atoms with Crippen molar-refractivity contribution in [2.45, 2.75) is 6.92 Å². The Morgan fingerprint density at radius 2 is 1.85 bits per heavy atom. The number of fused-ring (bicyclic) bond motifs is 1. The van der Waals surface area contributed by atoms with E-state index in [0.717, 1.165) is 33.6 Å². The van der Waals surface area contributed by atoms with Crippen LogP contribution in [0.2, 0.25) is 0 Å². The number of anilines is 2. The predicted molar refractivity (Wildman–Crippen MR) is 115 cm³/mol. The lowest BCUT2D eigenvalue weighted by atomic mass is 9.93. The maximum Gasteiger partial charge on any atom is 0.0540 e. The lowest BCUT2D eigenvalue weighted by Gasteiger charge is -2.26. The van der Waals surface area contributed by atoms with Crippen LogP contribution in [0.3, 0.4) is 0 Å². The molecule has 0 amide bonds. The molecule has 0 fully saturated rings. The Balaban J connectivity index is 2.22. The number of rotatable bonds is 4. The number of allylic oxidation sites excluding steroid dienone is 8. The third kappa shape index (κ3) is 3.52. The molecule has 1 heteroatoms. The Hall–Kier alpha value is -3.32. The van der Waals surface area contributed by atoms with Crippen molar-refractivity contribution in [3.8, 4) is 0 Å². The number of aryl methyl sites for hydroxylation is 1. The van der Waals surface area contributed by atoms with Crippen molar-refractivity contribution in [2.24, 2.45) is 0 Å². The Morgan fingerprint density at radius 3 is 2.58 bits per heavy atom. The monoisotopic (exact) mass is 337 g/mol. The van der Waals surface area contributed by atoms with Crippen LogP contribution in [0.15, 0.2) is 105 Å². The normalized spacial score (nSPS) is 15.9. The summed E-state index contributed by atoms with van der Waals surface area (Å²) in [4.78, 5) is 2.19. The zero-order valence-electron chi connectivity index (χ0n) is 15.2. The fourth-order valence-electron chi connectivity index (χ4n) is 3.06. The Bertz CT molecular complexity index is 940. The largest absolute Gasteiger partial charge is 0.317 e. The molecule has 0 unspecified atom stereocenters. The molecule has 1 aliphatic heterocycles. The first-order valence-corrected chi connectivity index (χ1v) is 8.63. The van der Waals surface area contributed by atoms with Crippen LogP contribution in [0.5, 0.6) is 0 Å². The van der Waals surface area contributed by atoms with Crippen molar-refractivity contribution >= 4 is 22.5 Å². The Labute approximate surface area is 156 Å². The van der Waals surface area contributed by atoms with Crippen LogP contribution in [0.1, 0.15) is 16.7 Å². The van der Waals surface area contributed by atoms with E-state index in [1.807, 2.05) is 48.6 Å². The third-order valence-electron chi connectivity index (χ3n) is 4.41. The molecule has 0 saturated carbocycles. The minimum absolute atomic E-state index is 0.963. The molecule has 0 aliphatic carbocycles. The van der Waals surface area contributed by atoms with Crippen LogP contribution in [-0.2, 0) is 0 Å². The highest BCUT2D eigenvalue weighted by atomic mass is 15.1. The topological polar surface area (TPSA) is 3.24 Å². The minimum Gasteiger partial charge on any atom is -0.317 e. The molecule has 0 saturated heterocycles. The highest BCUT2D eigenvalue weighted by Crippen LogP contribution is 2.37. The Morgan fingerprint density at radius 1 is 1.08 bits per heavy atom. The summed E-state index contributed by atoms with van der Waals surface area (Å²) in [7, 11) is 0. The number of para-hydroxylation sites is 1. The number of hydrogen-bond acceptors (Lipinski definition) is 1. The summed E-state index contributed by atoms with van der Waals surface area (Å²) in [6.07, 6.45) is 13.8. The first-order chi connectivity index (χ1) is 12.6. The van der Waals surface area contributed by atoms with Gasteiger partial charge in [0, 0.05) is 17.5 Å². The van der Waals surface area contributed by atoms with E-state index < -0.39 is 0 Å². The molecule has 0 atom stereocenters. The zero-order valence-corrected chi connectivity index (χ0v) is 15.2. The van der Waals surface area contributed by atoms with Gasteiger partial charge in [-0.2, -0.15) is 0 Å². The average molecular weight is 337 g/mol. The van der Waals surface area contributed by atoms with Gasteiger partial charge in [0.15, 0.2) is 0 Å². The molecule has 1 aliphatic rings. The molecule has 1 nitrogen and oxygen atoms in total. The highest BCUT2D eigenvalue weighted by Gasteiger charge is 2.16. The van der Waals surface area contributed by atoms with E-state index in [1.54, 1.807) is 6.08 Å². The van der Waals surface area contributed by atoms with E-state index in [2.05, 4.69) is 62.0 Å². The molecule has 0 radical (unpaired) electrons. The second-order valence-corrected chi connectivity index (χ2v) is 6.24. The smallest absolute Gasteiger partial charge is 0.0540 e. The molecule has 0 bridgehead atoms. The van der Waals surface area contributed by atoms with Gasteiger partial charge in [0.2, 0.25) is 0 Å². The standard InChI is InChI=1S/C25H23N/c1-5-6-12-19(2)23-18-25-24(17-21(23)4)20(3)13-10-11-16-26(25)22-14-8-7-9-15-22/h5-18H,1-3H2,4H3/b12-6-,13-10-,16-11-. The van der Waals surface area contributed by atoms with Crippen LogP contribution in [-0.4, -0.2) is 0 Å². The van der Waals surface area contributed by atoms with E-state index in [-0.39, 0.29) is 0 Å². The summed E-state index contributed by atoms with van der Waals surface area (Å²) in [5, 5.41) is 0. The van der Waals surface area contributed by atoms with Gasteiger partial charge in [0.05, 0.1) is 5.69 Å². The SMILES string of the molecule is C=C/C=C\C(=C)c1cc2c(cc1C)C(=C)/C=C\C=C/N2c1ccccc1. The van der Waals surface area contributed by atoms with E-state index in [9.17, 15) is 0 Å². The molecule has 0 spiro atoms. The van der Waals surface area contributed by atoms with Crippen molar-refractivity contribution in [3.05, 3.63) is 122 Å². The summed E-state index contributed by atoms with van der Waals surface area (Å²) in [6.45, 7) is 14.3. The average Bonchev–Trinajstić information content (AvgIpc) is 2.65. The molecule has 1 heterocycles. The van der Waals surface area contributed by atoms with E-state index in [4.69, 9.17) is 0 Å². The van der Waals surface area contributed by atoms with Crippen molar-refractivity contribution in [2.75, 3.05) is 4.90 Å². The molecular weight excluding hydrogens is 314 g/mol. The fraction of sp³-hybridized carbons (Fsp3) is 0.0400. The third-order valence-corrected chi connectivity index (χ3v) is 4.41. The maximum atomic E-state index is 4.25. The summed E-state index contributed by atoms with van der Waals surface area (Å²) in [5.41, 5.74) is 7.57. The van der Waals surface area contributed by atoms with Gasteiger partial charge in [-0.15, -0.1) is 0 Å². The maximum absolute atomic E-state index is 4.25. The van der Waals surface area contributed by atoms with Crippen LogP contribution in [0.4, 0.5) is 11.4 Å². The molecule has 0 aromatic heterocycles. The molecule has 0 N–H and O–H groups in total. The predicted octanol–water partition coefficient (Wildman–Crippen LogP) is 6.99. The van der Waals surface area contributed by atoms with Crippen molar-refractivity contribution in [1.82, 2.24) is 0 Å². The highest BCUT2D eigenvalue weighted by molar-refractivity contribution is 5.89. The van der Waals surface area contributed by atoms with E-state index in [0.29, 0.717) is 0 Å². The van der Waals surface area contributed by atoms with Gasteiger partial charge in [0.1, 0.15) is 0 Å². The quantitative estimate of drug-likeness (QED) is 0.544. The van der Waals surface area contributed by atoms with Crippen molar-refractivity contribution in [1.29, 1.82) is 0 Å². The summed E-state index contributed by atoms with van der Waals surface area (Å²) >= 11 is 0. The number of benzene rings is 2. The summed E-state index contributed by atoms with van der Waals surface area (Å²) < 4.78 is 0. The van der Waals surface area contributed by atoms with Gasteiger partial charge in [-0.05, 0) is 59.5 Å². The van der Waals surface area contributed by atoms with Gasteiger partial charge >= 0.3 is 0 Å². The lowest BCUT2D eigenvalue weighted by Crippen LogP contribution is -2.12. The molecule has 2 aromatic rings. The van der Waals surface area contributed by atoms with Gasteiger partial charge < -0.3 is 4.90 Å². The van der Waals surface area contributed by atoms with E-state index >= 15 is 0 Å².